The van der Waals surface area contributed by atoms with E-state index in [-0.39, 0.29) is 0 Å². The molecule has 1 aromatic rings. The molecule has 0 spiro atoms. The number of aryl methyl sites for hydroxylation is 2. The molecule has 1 heterocycles. The van der Waals surface area contributed by atoms with Crippen molar-refractivity contribution in [1.82, 2.24) is 4.57 Å². The van der Waals surface area contributed by atoms with Gasteiger partial charge in [-0.3, -0.25) is 4.57 Å². The van der Waals surface area contributed by atoms with E-state index in [4.69, 9.17) is 4.89 Å². The van der Waals surface area contributed by atoms with Gasteiger partial charge in [0.05, 0.1) is 14.1 Å². The van der Waals surface area contributed by atoms with E-state index in [1.54, 1.807) is 0 Å². The molecule has 0 saturated carbocycles. The molecule has 0 aliphatic heterocycles. The highest BCUT2D eigenvalue weighted by atomic mass is 31.2. The van der Waals surface area contributed by atoms with Gasteiger partial charge in [-0.05, 0) is 0 Å². The topological polar surface area (TPSA) is 78.4 Å². The van der Waals surface area contributed by atoms with Gasteiger partial charge in [0.2, 0.25) is 6.33 Å². The number of nitrogens with zero attached hydrogens (tertiary/aromatic N) is 2. The number of phosphoric acid groups is 1. The van der Waals surface area contributed by atoms with Crippen molar-refractivity contribution < 1.29 is 23.4 Å². The molecular weight excluding hydrogens is 195 g/mol. The van der Waals surface area contributed by atoms with E-state index in [1.807, 2.05) is 42.0 Å². The summed E-state index contributed by atoms with van der Waals surface area (Å²) in [5.74, 6) is 0. The normalized spacial score (nSPS) is 14.2. The van der Waals surface area contributed by atoms with Gasteiger partial charge >= 0.3 is 0 Å². The Labute approximate surface area is 76.6 Å². The monoisotopic (exact) mass is 208 g/mol. The number of rotatable bonds is 1. The van der Waals surface area contributed by atoms with Crippen LogP contribution >= 0.6 is 7.82 Å². The second-order valence-electron chi connectivity index (χ2n) is 2.40. The predicted molar refractivity (Wildman–Crippen MR) is 43.4 cm³/mol. The molecule has 0 saturated heterocycles. The van der Waals surface area contributed by atoms with Gasteiger partial charge in [0.25, 0.3) is 7.82 Å². The minimum atomic E-state index is -4.40. The summed E-state index contributed by atoms with van der Waals surface area (Å²) in [6, 6.07) is 0. The van der Waals surface area contributed by atoms with Crippen LogP contribution in [0.5, 0.6) is 0 Å². The van der Waals surface area contributed by atoms with Crippen LogP contribution in [0.2, 0.25) is 0 Å². The maximum Gasteiger partial charge on any atom is 0.264 e. The maximum atomic E-state index is 9.36. The van der Waals surface area contributed by atoms with E-state index >= 15 is 0 Å². The maximum absolute atomic E-state index is 9.36. The van der Waals surface area contributed by atoms with Crippen molar-refractivity contribution in [2.24, 2.45) is 14.1 Å². The molecule has 1 rings (SSSR count). The van der Waals surface area contributed by atoms with Crippen molar-refractivity contribution in [2.45, 2.75) is 0 Å². The van der Waals surface area contributed by atoms with E-state index in [0.29, 0.717) is 0 Å². The van der Waals surface area contributed by atoms with Gasteiger partial charge in [0.15, 0.2) is 0 Å². The number of aromatic nitrogens is 2. The van der Waals surface area contributed by atoms with E-state index in [9.17, 15) is 9.46 Å². The number of hydrogen-bond donors (Lipinski definition) is 1. The quantitative estimate of drug-likeness (QED) is 0.471. The van der Waals surface area contributed by atoms with Gasteiger partial charge in [0.1, 0.15) is 12.4 Å². The first-order valence-electron chi connectivity index (χ1n) is 3.42. The van der Waals surface area contributed by atoms with Crippen molar-refractivity contribution in [3.8, 4) is 0 Å². The standard InChI is InChI=1S/C5H9N2.CH5O4P/c1-6-3-4-7(2)5-6;1-5-6(2,3)4/h3-5H,1-2H3;1H3,(H2,2,3,4)/q+1;/p-1. The average molecular weight is 208 g/mol. The zero-order chi connectivity index (χ0) is 10.5. The second-order valence-corrected chi connectivity index (χ2v) is 3.70. The van der Waals surface area contributed by atoms with Gasteiger partial charge in [0, 0.05) is 7.11 Å². The first-order chi connectivity index (χ1) is 5.85. The Balaban J connectivity index is 0.000000226. The first kappa shape index (κ1) is 12.3. The van der Waals surface area contributed by atoms with Crippen LogP contribution in [0.4, 0.5) is 0 Å². The van der Waals surface area contributed by atoms with Crippen LogP contribution in [-0.2, 0) is 23.2 Å². The molecule has 1 aromatic heterocycles. The fourth-order valence-electron chi connectivity index (χ4n) is 0.575. The largest absolute Gasteiger partial charge is 0.756 e. The third-order valence-corrected chi connectivity index (χ3v) is 1.59. The Hall–Kier alpha value is -0.680. The lowest BCUT2D eigenvalue weighted by molar-refractivity contribution is -0.670. The van der Waals surface area contributed by atoms with Crippen molar-refractivity contribution >= 4 is 7.82 Å². The van der Waals surface area contributed by atoms with E-state index in [1.165, 1.54) is 0 Å². The zero-order valence-electron chi connectivity index (χ0n) is 7.75. The Morgan fingerprint density at radius 3 is 2.23 bits per heavy atom. The smallest absolute Gasteiger partial charge is 0.264 e. The van der Waals surface area contributed by atoms with Crippen LogP contribution in [0.15, 0.2) is 18.7 Å². The number of phosphoric ester groups is 1. The molecule has 1 N–H and O–H groups in total. The molecule has 7 heteroatoms. The Morgan fingerprint density at radius 2 is 2.15 bits per heavy atom. The number of imidazole rings is 1. The SMILES string of the molecule is COP(=O)([O-])O.Cn1cc[n+](C)c1. The molecule has 6 nitrogen and oxygen atoms in total. The molecule has 1 atom stereocenters. The summed E-state index contributed by atoms with van der Waals surface area (Å²) in [6.45, 7) is 0. The zero-order valence-corrected chi connectivity index (χ0v) is 8.64. The van der Waals surface area contributed by atoms with E-state index < -0.39 is 7.82 Å². The Bertz CT molecular complexity index is 276. The van der Waals surface area contributed by atoms with E-state index in [2.05, 4.69) is 4.52 Å². The van der Waals surface area contributed by atoms with Gasteiger partial charge in [-0.15, -0.1) is 0 Å². The summed E-state index contributed by atoms with van der Waals surface area (Å²) in [7, 11) is 0.486. The van der Waals surface area contributed by atoms with Crippen LogP contribution in [-0.4, -0.2) is 16.6 Å². The third kappa shape index (κ3) is 7.67. The fraction of sp³-hybridized carbons (Fsp3) is 0.500. The molecular formula is C6H13N2O4P. The fourth-order valence-corrected chi connectivity index (χ4v) is 0.575. The van der Waals surface area contributed by atoms with Crippen molar-refractivity contribution in [3.63, 3.8) is 0 Å². The molecule has 0 radical (unpaired) electrons. The second kappa shape index (κ2) is 5.14. The molecule has 1 unspecified atom stereocenters. The van der Waals surface area contributed by atoms with Crippen LogP contribution in [0, 0.1) is 0 Å². The summed E-state index contributed by atoms with van der Waals surface area (Å²) >= 11 is 0. The summed E-state index contributed by atoms with van der Waals surface area (Å²) in [5.41, 5.74) is 0. The van der Waals surface area contributed by atoms with Crippen molar-refractivity contribution in [1.29, 1.82) is 0 Å². The summed E-state index contributed by atoms with van der Waals surface area (Å²) in [4.78, 5) is 17.0. The van der Waals surface area contributed by atoms with Gasteiger partial charge < -0.3 is 14.3 Å². The summed E-state index contributed by atoms with van der Waals surface area (Å²) in [6.07, 6.45) is 6.00. The van der Waals surface area contributed by atoms with Crippen LogP contribution in [0.25, 0.3) is 0 Å². The lowest BCUT2D eigenvalue weighted by Crippen LogP contribution is -2.23. The molecule has 0 bridgehead atoms. The Morgan fingerprint density at radius 1 is 1.69 bits per heavy atom. The first-order valence-corrected chi connectivity index (χ1v) is 4.91. The van der Waals surface area contributed by atoms with Crippen LogP contribution in [0.1, 0.15) is 0 Å². The molecule has 0 fully saturated rings. The van der Waals surface area contributed by atoms with Crippen LogP contribution < -0.4 is 9.46 Å². The third-order valence-electron chi connectivity index (χ3n) is 1.13. The van der Waals surface area contributed by atoms with Crippen LogP contribution in [0.3, 0.4) is 0 Å². The number of hydrogen-bond acceptors (Lipinski definition) is 3. The molecule has 13 heavy (non-hydrogen) atoms. The highest BCUT2D eigenvalue weighted by molar-refractivity contribution is 7.44. The minimum Gasteiger partial charge on any atom is -0.756 e. The highest BCUT2D eigenvalue weighted by Gasteiger charge is 1.91. The van der Waals surface area contributed by atoms with E-state index in [0.717, 1.165) is 7.11 Å². The predicted octanol–water partition coefficient (Wildman–Crippen LogP) is -1.06. The van der Waals surface area contributed by atoms with Crippen molar-refractivity contribution in [3.05, 3.63) is 18.7 Å². The molecule has 0 aromatic carbocycles. The van der Waals surface area contributed by atoms with Gasteiger partial charge in [-0.25, -0.2) is 9.13 Å². The van der Waals surface area contributed by atoms with Crippen molar-refractivity contribution in [2.75, 3.05) is 7.11 Å². The highest BCUT2D eigenvalue weighted by Crippen LogP contribution is 2.27. The minimum absolute atomic E-state index is 0.883. The Kier molecular flexibility index (Phi) is 4.87. The average Bonchev–Trinajstić information content (AvgIpc) is 2.34. The lowest BCUT2D eigenvalue weighted by Gasteiger charge is -2.09. The molecule has 76 valence electrons. The summed E-state index contributed by atoms with van der Waals surface area (Å²) in [5, 5.41) is 0. The van der Waals surface area contributed by atoms with Gasteiger partial charge in [-0.1, -0.05) is 0 Å². The summed E-state index contributed by atoms with van der Waals surface area (Å²) < 4.78 is 16.9. The lowest BCUT2D eigenvalue weighted by atomic mass is 10.9. The molecule has 0 aliphatic carbocycles. The molecule has 0 aliphatic rings. The van der Waals surface area contributed by atoms with Gasteiger partial charge in [-0.2, -0.15) is 0 Å². The molecule has 0 amide bonds.